The number of benzene rings is 2. The van der Waals surface area contributed by atoms with Crippen molar-refractivity contribution in [2.45, 2.75) is 0 Å². The van der Waals surface area contributed by atoms with Gasteiger partial charge in [-0.3, -0.25) is 10.1 Å². The van der Waals surface area contributed by atoms with Gasteiger partial charge in [-0.15, -0.1) is 0 Å². The Morgan fingerprint density at radius 1 is 1.17 bits per heavy atom. The molecule has 0 bridgehead atoms. The lowest BCUT2D eigenvalue weighted by Gasteiger charge is -2.08. The summed E-state index contributed by atoms with van der Waals surface area (Å²) in [4.78, 5) is 10.4. The van der Waals surface area contributed by atoms with Crippen molar-refractivity contribution in [1.82, 2.24) is 0 Å². The Kier molecular flexibility index (Phi) is 4.95. The van der Waals surface area contributed by atoms with Gasteiger partial charge < -0.3 is 9.47 Å². The van der Waals surface area contributed by atoms with Crippen LogP contribution in [-0.2, 0) is 0 Å². The van der Waals surface area contributed by atoms with Gasteiger partial charge in [0.2, 0.25) is 0 Å². The molecule has 0 heterocycles. The quantitative estimate of drug-likeness (QED) is 0.364. The average Bonchev–Trinajstić information content (AvgIpc) is 2.59. The van der Waals surface area contributed by atoms with Gasteiger partial charge >= 0.3 is 0 Å². The number of ether oxygens (including phenoxy) is 2. The summed E-state index contributed by atoms with van der Waals surface area (Å²) in [5, 5.41) is 20.2. The zero-order valence-electron chi connectivity index (χ0n) is 12.6. The fraction of sp³-hybridized carbons (Fsp3) is 0.118. The molecule has 0 atom stereocenters. The fourth-order valence-corrected chi connectivity index (χ4v) is 2.08. The van der Waals surface area contributed by atoms with Crippen molar-refractivity contribution in [3.05, 3.63) is 63.7 Å². The van der Waals surface area contributed by atoms with Crippen LogP contribution in [0.4, 0.5) is 5.69 Å². The van der Waals surface area contributed by atoms with E-state index in [9.17, 15) is 15.4 Å². The Morgan fingerprint density at radius 3 is 2.52 bits per heavy atom. The molecule has 0 saturated carbocycles. The highest BCUT2D eigenvalue weighted by molar-refractivity contribution is 5.90. The zero-order valence-corrected chi connectivity index (χ0v) is 12.6. The molecule has 2 aromatic rings. The Hall–Kier alpha value is -3.33. The lowest BCUT2D eigenvalue weighted by molar-refractivity contribution is -0.384. The highest BCUT2D eigenvalue weighted by Gasteiger charge is 2.10. The van der Waals surface area contributed by atoms with Gasteiger partial charge in [0.05, 0.1) is 30.8 Å². The Bertz CT molecular complexity index is 806. The molecule has 0 aliphatic heterocycles. The van der Waals surface area contributed by atoms with Crippen molar-refractivity contribution in [1.29, 1.82) is 5.26 Å². The summed E-state index contributed by atoms with van der Waals surface area (Å²) in [5.41, 5.74) is 1.47. The molecule has 116 valence electrons. The molecule has 0 amide bonds. The molecular weight excluding hydrogens is 296 g/mol. The minimum Gasteiger partial charge on any atom is -0.493 e. The summed E-state index contributed by atoms with van der Waals surface area (Å²) < 4.78 is 10.4. The second-order valence-electron chi connectivity index (χ2n) is 4.59. The average molecular weight is 310 g/mol. The normalized spacial score (nSPS) is 10.7. The van der Waals surface area contributed by atoms with Crippen LogP contribution in [0.15, 0.2) is 42.5 Å². The SMILES string of the molecule is COc1ccc(/C=C(\C#N)c2cccc([N+](=O)[O-])c2)cc1OC. The third-order valence-corrected chi connectivity index (χ3v) is 3.21. The van der Waals surface area contributed by atoms with E-state index < -0.39 is 4.92 Å². The first-order valence-corrected chi connectivity index (χ1v) is 6.67. The van der Waals surface area contributed by atoms with E-state index >= 15 is 0 Å². The second kappa shape index (κ2) is 7.09. The first-order valence-electron chi connectivity index (χ1n) is 6.67. The van der Waals surface area contributed by atoms with E-state index in [0.717, 1.165) is 5.56 Å². The molecule has 0 unspecified atom stereocenters. The van der Waals surface area contributed by atoms with Crippen LogP contribution < -0.4 is 9.47 Å². The number of nitro benzene ring substituents is 1. The van der Waals surface area contributed by atoms with Crippen LogP contribution in [-0.4, -0.2) is 19.1 Å². The first kappa shape index (κ1) is 16.0. The Labute approximate surface area is 133 Å². The van der Waals surface area contributed by atoms with E-state index in [1.54, 1.807) is 36.4 Å². The van der Waals surface area contributed by atoms with E-state index in [1.807, 2.05) is 0 Å². The smallest absolute Gasteiger partial charge is 0.270 e. The van der Waals surface area contributed by atoms with Crippen molar-refractivity contribution in [2.24, 2.45) is 0 Å². The third-order valence-electron chi connectivity index (χ3n) is 3.21. The second-order valence-corrected chi connectivity index (χ2v) is 4.59. The third kappa shape index (κ3) is 3.66. The molecule has 0 radical (unpaired) electrons. The number of nitro groups is 1. The van der Waals surface area contributed by atoms with E-state index in [4.69, 9.17) is 9.47 Å². The van der Waals surface area contributed by atoms with Crippen LogP contribution in [0.5, 0.6) is 11.5 Å². The highest BCUT2D eigenvalue weighted by Crippen LogP contribution is 2.29. The fourth-order valence-electron chi connectivity index (χ4n) is 2.08. The number of allylic oxidation sites excluding steroid dienone is 1. The van der Waals surface area contributed by atoms with Gasteiger partial charge in [0.15, 0.2) is 11.5 Å². The van der Waals surface area contributed by atoms with Crippen LogP contribution >= 0.6 is 0 Å². The molecule has 6 nitrogen and oxygen atoms in total. The van der Waals surface area contributed by atoms with Crippen LogP contribution in [0.1, 0.15) is 11.1 Å². The first-order chi connectivity index (χ1) is 11.1. The Morgan fingerprint density at radius 2 is 1.91 bits per heavy atom. The minimum atomic E-state index is -0.491. The van der Waals surface area contributed by atoms with Gasteiger partial charge in [0.1, 0.15) is 0 Å². The van der Waals surface area contributed by atoms with E-state index in [-0.39, 0.29) is 5.69 Å². The standard InChI is InChI=1S/C17H14N2O4/c1-22-16-7-6-12(9-17(16)23-2)8-14(11-18)13-4-3-5-15(10-13)19(20)21/h3-10H,1-2H3/b14-8+. The molecule has 0 aliphatic rings. The summed E-state index contributed by atoms with van der Waals surface area (Å²) in [5.74, 6) is 1.12. The lowest BCUT2D eigenvalue weighted by atomic mass is 10.0. The lowest BCUT2D eigenvalue weighted by Crippen LogP contribution is -1.91. The summed E-state index contributed by atoms with van der Waals surface area (Å²) in [6.07, 6.45) is 1.64. The molecule has 0 spiro atoms. The molecule has 6 heteroatoms. The Balaban J connectivity index is 2.45. The van der Waals surface area contributed by atoms with Crippen LogP contribution in [0.3, 0.4) is 0 Å². The van der Waals surface area contributed by atoms with E-state index in [1.165, 1.54) is 26.4 Å². The molecule has 2 rings (SSSR count). The van der Waals surface area contributed by atoms with Gasteiger partial charge in [0, 0.05) is 12.1 Å². The van der Waals surface area contributed by atoms with Gasteiger partial charge in [-0.1, -0.05) is 18.2 Å². The van der Waals surface area contributed by atoms with Gasteiger partial charge in [0.25, 0.3) is 5.69 Å². The maximum absolute atomic E-state index is 10.8. The van der Waals surface area contributed by atoms with E-state index in [0.29, 0.717) is 22.6 Å². The molecule has 2 aromatic carbocycles. The number of methoxy groups -OCH3 is 2. The highest BCUT2D eigenvalue weighted by atomic mass is 16.6. The minimum absolute atomic E-state index is 0.0593. The molecule has 23 heavy (non-hydrogen) atoms. The summed E-state index contributed by atoms with van der Waals surface area (Å²) in [6, 6.07) is 13.3. The number of rotatable bonds is 5. The number of hydrogen-bond donors (Lipinski definition) is 0. The molecule has 0 saturated heterocycles. The van der Waals surface area contributed by atoms with Crippen molar-refractivity contribution < 1.29 is 14.4 Å². The summed E-state index contributed by atoms with van der Waals surface area (Å²) >= 11 is 0. The maximum atomic E-state index is 10.8. The summed E-state index contributed by atoms with van der Waals surface area (Å²) in [6.45, 7) is 0. The largest absolute Gasteiger partial charge is 0.493 e. The number of hydrogen-bond acceptors (Lipinski definition) is 5. The van der Waals surface area contributed by atoms with Crippen molar-refractivity contribution in [3.63, 3.8) is 0 Å². The van der Waals surface area contributed by atoms with Gasteiger partial charge in [-0.2, -0.15) is 5.26 Å². The predicted molar refractivity (Wildman–Crippen MR) is 86.1 cm³/mol. The molecule has 0 aliphatic carbocycles. The number of nitriles is 1. The predicted octanol–water partition coefficient (Wildman–Crippen LogP) is 3.68. The number of non-ortho nitro benzene ring substituents is 1. The van der Waals surface area contributed by atoms with Gasteiger partial charge in [-0.05, 0) is 29.3 Å². The van der Waals surface area contributed by atoms with Crippen LogP contribution in [0.2, 0.25) is 0 Å². The topological polar surface area (TPSA) is 85.4 Å². The van der Waals surface area contributed by atoms with Crippen molar-refractivity contribution >= 4 is 17.3 Å². The maximum Gasteiger partial charge on any atom is 0.270 e. The molecule has 0 N–H and O–H groups in total. The van der Waals surface area contributed by atoms with Crippen LogP contribution in [0, 0.1) is 21.4 Å². The van der Waals surface area contributed by atoms with Gasteiger partial charge in [-0.25, -0.2) is 0 Å². The zero-order chi connectivity index (χ0) is 16.8. The van der Waals surface area contributed by atoms with Crippen molar-refractivity contribution in [2.75, 3.05) is 14.2 Å². The number of nitrogens with zero attached hydrogens (tertiary/aromatic N) is 2. The van der Waals surface area contributed by atoms with E-state index in [2.05, 4.69) is 6.07 Å². The molecule has 0 fully saturated rings. The molecule has 0 aromatic heterocycles. The molecular formula is C17H14N2O4. The summed E-state index contributed by atoms with van der Waals surface area (Å²) in [7, 11) is 3.06. The van der Waals surface area contributed by atoms with Crippen LogP contribution in [0.25, 0.3) is 11.6 Å². The monoisotopic (exact) mass is 310 g/mol. The van der Waals surface area contributed by atoms with Crippen molar-refractivity contribution in [3.8, 4) is 17.6 Å².